The Kier molecular flexibility index (Phi) is 5.83. The number of hydrogen-bond donors (Lipinski definition) is 1. The van der Waals surface area contributed by atoms with Crippen LogP contribution >= 0.6 is 0 Å². The highest BCUT2D eigenvalue weighted by atomic mass is 15.3. The Bertz CT molecular complexity index is 417. The molecule has 2 heteroatoms. The van der Waals surface area contributed by atoms with Crippen LogP contribution in [0.4, 0.5) is 0 Å². The Labute approximate surface area is 130 Å². The Morgan fingerprint density at radius 3 is 2.62 bits per heavy atom. The molecule has 3 atom stereocenters. The molecular weight excluding hydrogens is 256 g/mol. The first-order valence-corrected chi connectivity index (χ1v) is 8.63. The van der Waals surface area contributed by atoms with Gasteiger partial charge in [-0.3, -0.25) is 4.90 Å². The summed E-state index contributed by atoms with van der Waals surface area (Å²) in [5.41, 5.74) is 1.75. The molecule has 1 aromatic rings. The van der Waals surface area contributed by atoms with Crippen LogP contribution in [0.3, 0.4) is 0 Å². The molecule has 0 radical (unpaired) electrons. The van der Waals surface area contributed by atoms with Gasteiger partial charge in [-0.25, -0.2) is 0 Å². The summed E-state index contributed by atoms with van der Waals surface area (Å²) in [5, 5.41) is 3.79. The molecule has 0 bridgehead atoms. The van der Waals surface area contributed by atoms with Gasteiger partial charge in [-0.1, -0.05) is 50.6 Å². The molecule has 0 aliphatic carbocycles. The number of hydrogen-bond acceptors (Lipinski definition) is 2. The van der Waals surface area contributed by atoms with Gasteiger partial charge in [0.25, 0.3) is 0 Å². The van der Waals surface area contributed by atoms with Gasteiger partial charge in [-0.05, 0) is 38.7 Å². The summed E-state index contributed by atoms with van der Waals surface area (Å²) < 4.78 is 0. The maximum atomic E-state index is 3.79. The predicted molar refractivity (Wildman–Crippen MR) is 91.7 cm³/mol. The van der Waals surface area contributed by atoms with Crippen molar-refractivity contribution in [1.82, 2.24) is 10.2 Å². The van der Waals surface area contributed by atoms with Crippen LogP contribution < -0.4 is 5.32 Å². The highest BCUT2D eigenvalue weighted by molar-refractivity contribution is 5.16. The Hall–Kier alpha value is -0.860. The molecule has 2 nitrogen and oxygen atoms in total. The normalized spacial score (nSPS) is 28.5. The van der Waals surface area contributed by atoms with E-state index in [4.69, 9.17) is 0 Å². The molecular formula is C19H32N2. The highest BCUT2D eigenvalue weighted by Crippen LogP contribution is 2.27. The maximum absolute atomic E-state index is 3.79. The van der Waals surface area contributed by atoms with Gasteiger partial charge in [-0.2, -0.15) is 0 Å². The van der Waals surface area contributed by atoms with E-state index in [1.165, 1.54) is 31.4 Å². The van der Waals surface area contributed by atoms with E-state index in [0.717, 1.165) is 13.0 Å². The minimum absolute atomic E-state index is 0.307. The topological polar surface area (TPSA) is 15.3 Å². The van der Waals surface area contributed by atoms with Crippen LogP contribution in [0.1, 0.15) is 52.5 Å². The van der Waals surface area contributed by atoms with Crippen LogP contribution in [-0.2, 0) is 6.42 Å². The fraction of sp³-hybridized carbons (Fsp3) is 0.684. The van der Waals surface area contributed by atoms with Gasteiger partial charge in [0.15, 0.2) is 0 Å². The van der Waals surface area contributed by atoms with Crippen LogP contribution in [0.25, 0.3) is 0 Å². The zero-order chi connectivity index (χ0) is 15.3. The maximum Gasteiger partial charge on any atom is 0.0306 e. The van der Waals surface area contributed by atoms with Crippen molar-refractivity contribution in [3.05, 3.63) is 35.9 Å². The largest absolute Gasteiger partial charge is 0.311 e. The number of nitrogens with one attached hydrogen (secondary N) is 1. The van der Waals surface area contributed by atoms with Crippen molar-refractivity contribution in [2.45, 2.75) is 71.0 Å². The third kappa shape index (κ3) is 4.08. The van der Waals surface area contributed by atoms with Crippen LogP contribution in [0.5, 0.6) is 0 Å². The molecule has 0 spiro atoms. The van der Waals surface area contributed by atoms with E-state index < -0.39 is 0 Å². The quantitative estimate of drug-likeness (QED) is 0.855. The van der Waals surface area contributed by atoms with Gasteiger partial charge in [0.05, 0.1) is 0 Å². The molecule has 1 fully saturated rings. The lowest BCUT2D eigenvalue weighted by molar-refractivity contribution is 0.0131. The van der Waals surface area contributed by atoms with E-state index in [1.54, 1.807) is 0 Å². The number of nitrogens with zero attached hydrogens (tertiary/aromatic N) is 1. The number of benzene rings is 1. The first-order valence-electron chi connectivity index (χ1n) is 8.63. The minimum atomic E-state index is 0.307. The van der Waals surface area contributed by atoms with Crippen molar-refractivity contribution in [3.63, 3.8) is 0 Å². The van der Waals surface area contributed by atoms with Crippen LogP contribution in [0.15, 0.2) is 30.3 Å². The van der Waals surface area contributed by atoms with Crippen LogP contribution in [-0.4, -0.2) is 35.6 Å². The predicted octanol–water partition coefficient (Wildman–Crippen LogP) is 3.86. The minimum Gasteiger partial charge on any atom is -0.311 e. The molecule has 0 saturated carbocycles. The molecule has 0 aromatic heterocycles. The highest BCUT2D eigenvalue weighted by Gasteiger charge is 2.38. The van der Waals surface area contributed by atoms with E-state index >= 15 is 0 Å². The van der Waals surface area contributed by atoms with Gasteiger partial charge >= 0.3 is 0 Å². The summed E-state index contributed by atoms with van der Waals surface area (Å²) in [4.78, 5) is 2.76. The summed E-state index contributed by atoms with van der Waals surface area (Å²) >= 11 is 0. The van der Waals surface area contributed by atoms with Crippen molar-refractivity contribution in [3.8, 4) is 0 Å². The van der Waals surface area contributed by atoms with Crippen molar-refractivity contribution in [1.29, 1.82) is 0 Å². The molecule has 1 aromatic carbocycles. The average molecular weight is 288 g/mol. The van der Waals surface area contributed by atoms with E-state index in [1.807, 2.05) is 0 Å². The molecule has 1 aliphatic heterocycles. The summed E-state index contributed by atoms with van der Waals surface area (Å²) in [6, 6.07) is 12.1. The Balaban J connectivity index is 2.04. The lowest BCUT2D eigenvalue weighted by Gasteiger charge is -2.51. The second kappa shape index (κ2) is 7.42. The monoisotopic (exact) mass is 288 g/mol. The third-order valence-corrected chi connectivity index (χ3v) is 5.21. The number of piperazine rings is 1. The molecule has 118 valence electrons. The molecule has 1 N–H and O–H groups in total. The summed E-state index contributed by atoms with van der Waals surface area (Å²) in [5.74, 6) is 0. The van der Waals surface area contributed by atoms with Gasteiger partial charge in [0.1, 0.15) is 0 Å². The zero-order valence-electron chi connectivity index (χ0n) is 14.2. The third-order valence-electron chi connectivity index (χ3n) is 5.21. The standard InChI is InChI=1S/C19H32N2/c1-5-10-16(3)21-14-18(20-15-19(21,4)6-2)13-17-11-8-7-9-12-17/h7-9,11-12,16,18,20H,5-6,10,13-15H2,1-4H3. The van der Waals surface area contributed by atoms with E-state index in [2.05, 4.69) is 68.2 Å². The van der Waals surface area contributed by atoms with Gasteiger partial charge in [-0.15, -0.1) is 0 Å². The summed E-state index contributed by atoms with van der Waals surface area (Å²) in [7, 11) is 0. The second-order valence-corrected chi connectivity index (χ2v) is 6.91. The smallest absolute Gasteiger partial charge is 0.0306 e. The average Bonchev–Trinajstić information content (AvgIpc) is 2.50. The van der Waals surface area contributed by atoms with Crippen molar-refractivity contribution >= 4 is 0 Å². The molecule has 2 rings (SSSR count). The first-order chi connectivity index (χ1) is 10.1. The van der Waals surface area contributed by atoms with Gasteiger partial charge < -0.3 is 5.32 Å². The molecule has 3 unspecified atom stereocenters. The molecule has 0 amide bonds. The van der Waals surface area contributed by atoms with Crippen LogP contribution in [0.2, 0.25) is 0 Å². The molecule has 21 heavy (non-hydrogen) atoms. The zero-order valence-corrected chi connectivity index (χ0v) is 14.2. The summed E-state index contributed by atoms with van der Waals surface area (Å²) in [6.07, 6.45) is 4.92. The Morgan fingerprint density at radius 2 is 2.00 bits per heavy atom. The van der Waals surface area contributed by atoms with Crippen LogP contribution in [0, 0.1) is 0 Å². The van der Waals surface area contributed by atoms with Crippen molar-refractivity contribution < 1.29 is 0 Å². The van der Waals surface area contributed by atoms with Gasteiger partial charge in [0, 0.05) is 30.7 Å². The second-order valence-electron chi connectivity index (χ2n) is 6.91. The molecule has 1 aliphatic rings. The Morgan fingerprint density at radius 1 is 1.29 bits per heavy atom. The van der Waals surface area contributed by atoms with Crippen molar-refractivity contribution in [2.75, 3.05) is 13.1 Å². The fourth-order valence-corrected chi connectivity index (χ4v) is 3.64. The van der Waals surface area contributed by atoms with Crippen molar-refractivity contribution in [2.24, 2.45) is 0 Å². The lowest BCUT2D eigenvalue weighted by atomic mass is 9.88. The van der Waals surface area contributed by atoms with Gasteiger partial charge in [0.2, 0.25) is 0 Å². The van der Waals surface area contributed by atoms with E-state index in [-0.39, 0.29) is 0 Å². The molecule has 1 saturated heterocycles. The van der Waals surface area contributed by atoms with E-state index in [9.17, 15) is 0 Å². The summed E-state index contributed by atoms with van der Waals surface area (Å²) in [6.45, 7) is 11.7. The first kappa shape index (κ1) is 16.5. The SMILES string of the molecule is CCCC(C)N1CC(Cc2ccccc2)NCC1(C)CC. The number of rotatable bonds is 6. The lowest BCUT2D eigenvalue weighted by Crippen LogP contribution is -2.65. The molecule has 1 heterocycles. The van der Waals surface area contributed by atoms with E-state index in [0.29, 0.717) is 17.6 Å². The fourth-order valence-electron chi connectivity index (χ4n) is 3.64.